The minimum atomic E-state index is -0.609. The molecule has 2 heteroatoms. The molecular formula is C9H14O2. The van der Waals surface area contributed by atoms with Gasteiger partial charge in [-0.05, 0) is 37.0 Å². The fraction of sp³-hybridized carbons (Fsp3) is 0.889. The molecule has 0 spiro atoms. The number of rotatable bonds is 2. The molecule has 0 unspecified atom stereocenters. The number of carboxylic acids is 1. The van der Waals surface area contributed by atoms with Crippen LogP contribution in [0.2, 0.25) is 0 Å². The normalized spacial score (nSPS) is 41.3. The highest BCUT2D eigenvalue weighted by Crippen LogP contribution is 2.49. The molecule has 2 saturated carbocycles. The molecule has 11 heavy (non-hydrogen) atoms. The van der Waals surface area contributed by atoms with E-state index in [2.05, 4.69) is 0 Å². The van der Waals surface area contributed by atoms with Gasteiger partial charge >= 0.3 is 5.97 Å². The molecule has 0 radical (unpaired) electrons. The lowest BCUT2D eigenvalue weighted by Gasteiger charge is -2.18. The van der Waals surface area contributed by atoms with E-state index in [0.29, 0.717) is 12.3 Å². The second kappa shape index (κ2) is 2.50. The molecule has 0 aliphatic heterocycles. The van der Waals surface area contributed by atoms with Crippen molar-refractivity contribution in [3.05, 3.63) is 0 Å². The van der Waals surface area contributed by atoms with Gasteiger partial charge in [-0.1, -0.05) is 6.42 Å². The van der Waals surface area contributed by atoms with Gasteiger partial charge in [0, 0.05) is 6.42 Å². The Hall–Kier alpha value is -0.530. The molecule has 1 N–H and O–H groups in total. The van der Waals surface area contributed by atoms with E-state index in [0.717, 1.165) is 11.8 Å². The summed E-state index contributed by atoms with van der Waals surface area (Å²) in [6.07, 6.45) is 5.58. The summed E-state index contributed by atoms with van der Waals surface area (Å²) >= 11 is 0. The van der Waals surface area contributed by atoms with Gasteiger partial charge in [-0.3, -0.25) is 4.79 Å². The average Bonchev–Trinajstić information content (AvgIpc) is 2.45. The Morgan fingerprint density at radius 1 is 1.36 bits per heavy atom. The van der Waals surface area contributed by atoms with Gasteiger partial charge in [-0.25, -0.2) is 0 Å². The van der Waals surface area contributed by atoms with Crippen LogP contribution >= 0.6 is 0 Å². The van der Waals surface area contributed by atoms with Gasteiger partial charge in [0.2, 0.25) is 0 Å². The monoisotopic (exact) mass is 154 g/mol. The van der Waals surface area contributed by atoms with Crippen molar-refractivity contribution in [1.29, 1.82) is 0 Å². The second-order valence-corrected chi connectivity index (χ2v) is 4.03. The minimum absolute atomic E-state index is 0.418. The zero-order chi connectivity index (χ0) is 7.84. The van der Waals surface area contributed by atoms with Gasteiger partial charge < -0.3 is 5.11 Å². The third kappa shape index (κ3) is 1.26. The summed E-state index contributed by atoms with van der Waals surface area (Å²) in [5.41, 5.74) is 0. The highest BCUT2D eigenvalue weighted by atomic mass is 16.4. The van der Waals surface area contributed by atoms with Gasteiger partial charge in [-0.2, -0.15) is 0 Å². The molecule has 3 atom stereocenters. The van der Waals surface area contributed by atoms with Gasteiger partial charge in [-0.15, -0.1) is 0 Å². The largest absolute Gasteiger partial charge is 0.481 e. The predicted octanol–water partition coefficient (Wildman–Crippen LogP) is 1.90. The maximum atomic E-state index is 10.4. The third-order valence-electron chi connectivity index (χ3n) is 3.32. The average molecular weight is 154 g/mol. The molecule has 0 aromatic carbocycles. The van der Waals surface area contributed by atoms with Gasteiger partial charge in [0.1, 0.15) is 0 Å². The van der Waals surface area contributed by atoms with Gasteiger partial charge in [0.25, 0.3) is 0 Å². The lowest BCUT2D eigenvalue weighted by atomic mass is 9.86. The van der Waals surface area contributed by atoms with Crippen molar-refractivity contribution in [2.24, 2.45) is 17.8 Å². The highest BCUT2D eigenvalue weighted by Gasteiger charge is 2.39. The SMILES string of the molecule is O=C(O)C[C@H]1C[C@@H]2CC[C@H]1C2. The van der Waals surface area contributed by atoms with Crippen molar-refractivity contribution in [2.45, 2.75) is 32.1 Å². The molecule has 0 saturated heterocycles. The topological polar surface area (TPSA) is 37.3 Å². The molecule has 62 valence electrons. The van der Waals surface area contributed by atoms with Crippen molar-refractivity contribution >= 4 is 5.97 Å². The Morgan fingerprint density at radius 2 is 2.18 bits per heavy atom. The van der Waals surface area contributed by atoms with E-state index in [4.69, 9.17) is 5.11 Å². The number of aliphatic carboxylic acids is 1. The van der Waals surface area contributed by atoms with Crippen molar-refractivity contribution in [3.63, 3.8) is 0 Å². The summed E-state index contributed by atoms with van der Waals surface area (Å²) in [7, 11) is 0. The van der Waals surface area contributed by atoms with Crippen molar-refractivity contribution < 1.29 is 9.90 Å². The fourth-order valence-corrected chi connectivity index (χ4v) is 2.85. The van der Waals surface area contributed by atoms with E-state index in [1.54, 1.807) is 0 Å². The van der Waals surface area contributed by atoms with E-state index in [1.165, 1.54) is 25.7 Å². The Bertz CT molecular complexity index is 176. The molecule has 0 amide bonds. The summed E-state index contributed by atoms with van der Waals surface area (Å²) in [6, 6.07) is 0. The minimum Gasteiger partial charge on any atom is -0.481 e. The molecule has 0 heterocycles. The summed E-state index contributed by atoms with van der Waals surface area (Å²) in [5.74, 6) is 1.55. The lowest BCUT2D eigenvalue weighted by molar-refractivity contribution is -0.138. The van der Waals surface area contributed by atoms with Crippen LogP contribution in [0.3, 0.4) is 0 Å². The first-order valence-corrected chi connectivity index (χ1v) is 4.47. The molecular weight excluding hydrogens is 140 g/mol. The Labute approximate surface area is 66.6 Å². The molecule has 0 aromatic heterocycles. The van der Waals surface area contributed by atoms with Crippen LogP contribution < -0.4 is 0 Å². The van der Waals surface area contributed by atoms with Gasteiger partial charge in [0.05, 0.1) is 0 Å². The molecule has 2 bridgehead atoms. The summed E-state index contributed by atoms with van der Waals surface area (Å²) in [4.78, 5) is 10.4. The molecule has 2 aliphatic rings. The van der Waals surface area contributed by atoms with Crippen molar-refractivity contribution in [2.75, 3.05) is 0 Å². The van der Waals surface area contributed by atoms with Crippen LogP contribution in [0.15, 0.2) is 0 Å². The Morgan fingerprint density at radius 3 is 2.64 bits per heavy atom. The number of fused-ring (bicyclic) bond motifs is 2. The van der Waals surface area contributed by atoms with E-state index in [9.17, 15) is 4.79 Å². The Kier molecular flexibility index (Phi) is 1.63. The zero-order valence-electron chi connectivity index (χ0n) is 6.62. The number of carbonyl (C=O) groups is 1. The maximum Gasteiger partial charge on any atom is 0.303 e. The van der Waals surface area contributed by atoms with Crippen LogP contribution in [0.5, 0.6) is 0 Å². The zero-order valence-corrected chi connectivity index (χ0v) is 6.62. The maximum absolute atomic E-state index is 10.4. The van der Waals surface area contributed by atoms with Crippen LogP contribution in [0.25, 0.3) is 0 Å². The summed E-state index contributed by atoms with van der Waals surface area (Å²) < 4.78 is 0. The second-order valence-electron chi connectivity index (χ2n) is 4.03. The fourth-order valence-electron chi connectivity index (χ4n) is 2.85. The number of hydrogen-bond donors (Lipinski definition) is 1. The first-order chi connectivity index (χ1) is 5.25. The molecule has 2 nitrogen and oxygen atoms in total. The highest BCUT2D eigenvalue weighted by molar-refractivity contribution is 5.67. The summed E-state index contributed by atoms with van der Waals surface area (Å²) in [5, 5.41) is 8.60. The number of hydrogen-bond acceptors (Lipinski definition) is 1. The van der Waals surface area contributed by atoms with Crippen LogP contribution in [-0.4, -0.2) is 11.1 Å². The van der Waals surface area contributed by atoms with E-state index in [1.807, 2.05) is 0 Å². The van der Waals surface area contributed by atoms with Gasteiger partial charge in [0.15, 0.2) is 0 Å². The lowest BCUT2D eigenvalue weighted by Crippen LogP contribution is -2.14. The Balaban J connectivity index is 1.92. The van der Waals surface area contributed by atoms with Crippen molar-refractivity contribution in [1.82, 2.24) is 0 Å². The molecule has 2 fully saturated rings. The van der Waals surface area contributed by atoms with Crippen LogP contribution in [-0.2, 0) is 4.79 Å². The first kappa shape index (κ1) is 7.14. The molecule has 2 aliphatic carbocycles. The first-order valence-electron chi connectivity index (χ1n) is 4.47. The molecule has 0 aromatic rings. The summed E-state index contributed by atoms with van der Waals surface area (Å²) in [6.45, 7) is 0. The third-order valence-corrected chi connectivity index (χ3v) is 3.32. The van der Waals surface area contributed by atoms with Crippen LogP contribution in [0.1, 0.15) is 32.1 Å². The quantitative estimate of drug-likeness (QED) is 0.659. The van der Waals surface area contributed by atoms with E-state index >= 15 is 0 Å². The van der Waals surface area contributed by atoms with Crippen LogP contribution in [0, 0.1) is 17.8 Å². The van der Waals surface area contributed by atoms with E-state index < -0.39 is 5.97 Å². The van der Waals surface area contributed by atoms with Crippen LogP contribution in [0.4, 0.5) is 0 Å². The van der Waals surface area contributed by atoms with Crippen molar-refractivity contribution in [3.8, 4) is 0 Å². The number of carboxylic acid groups (broad SMARTS) is 1. The van der Waals surface area contributed by atoms with E-state index in [-0.39, 0.29) is 0 Å². The smallest absolute Gasteiger partial charge is 0.303 e. The predicted molar refractivity (Wildman–Crippen MR) is 41.2 cm³/mol. The molecule has 2 rings (SSSR count). The standard InChI is InChI=1S/C9H14O2/c10-9(11)5-8-4-6-1-2-7(8)3-6/h6-8H,1-5H2,(H,10,11)/t6-,7+,8-/m1/s1.